The van der Waals surface area contributed by atoms with Gasteiger partial charge in [0.05, 0.1) is 17.9 Å². The lowest BCUT2D eigenvalue weighted by Crippen LogP contribution is -2.39. The predicted octanol–water partition coefficient (Wildman–Crippen LogP) is 3.80. The van der Waals surface area contributed by atoms with E-state index in [1.165, 1.54) is 0 Å². The summed E-state index contributed by atoms with van der Waals surface area (Å²) in [5, 5.41) is 5.29. The molecular formula is C21H19N3O2. The van der Waals surface area contributed by atoms with Crippen LogP contribution < -0.4 is 11.1 Å². The first-order valence-electron chi connectivity index (χ1n) is 8.50. The zero-order valence-corrected chi connectivity index (χ0v) is 14.3. The topological polar surface area (TPSA) is 81.1 Å². The van der Waals surface area contributed by atoms with E-state index >= 15 is 0 Å². The van der Waals surface area contributed by atoms with Crippen LogP contribution in [0, 0.1) is 0 Å². The molecule has 2 unspecified atom stereocenters. The van der Waals surface area contributed by atoms with Gasteiger partial charge < -0.3 is 15.5 Å². The minimum atomic E-state index is -0.306. The van der Waals surface area contributed by atoms with Crippen LogP contribution in [0.1, 0.15) is 28.9 Å². The number of hydrogen-bond donors (Lipinski definition) is 2. The van der Waals surface area contributed by atoms with Crippen molar-refractivity contribution in [3.8, 4) is 0 Å². The van der Waals surface area contributed by atoms with Crippen LogP contribution >= 0.6 is 0 Å². The Hall–Kier alpha value is -3.18. The molecule has 1 amide bonds. The number of aromatic nitrogens is 1. The van der Waals surface area contributed by atoms with Crippen molar-refractivity contribution < 1.29 is 9.21 Å². The second-order valence-electron chi connectivity index (χ2n) is 6.44. The standard InChI is InChI=1S/C21H19N3O2/c1-13(22)20(16-7-6-14-4-2-3-5-15(14)10-16)24-21(25)17-11-19-18(23-12-17)8-9-26-19/h2-13,20H,22H2,1H3,(H,24,25). The number of carbonyl (C=O) groups is 1. The molecule has 130 valence electrons. The minimum absolute atomic E-state index is 0.230. The van der Waals surface area contributed by atoms with Crippen molar-refractivity contribution in [2.75, 3.05) is 0 Å². The number of furan rings is 1. The predicted molar refractivity (Wildman–Crippen MR) is 102 cm³/mol. The molecule has 0 fully saturated rings. The summed E-state index contributed by atoms with van der Waals surface area (Å²) < 4.78 is 5.33. The quantitative estimate of drug-likeness (QED) is 0.589. The number of hydrogen-bond acceptors (Lipinski definition) is 4. The van der Waals surface area contributed by atoms with Crippen LogP contribution in [0.4, 0.5) is 0 Å². The lowest BCUT2D eigenvalue weighted by atomic mass is 9.97. The minimum Gasteiger partial charge on any atom is -0.463 e. The summed E-state index contributed by atoms with van der Waals surface area (Å²) in [6, 6.07) is 17.1. The first-order chi connectivity index (χ1) is 12.6. The zero-order valence-electron chi connectivity index (χ0n) is 14.3. The van der Waals surface area contributed by atoms with Crippen LogP contribution in [0.25, 0.3) is 21.9 Å². The smallest absolute Gasteiger partial charge is 0.253 e. The van der Waals surface area contributed by atoms with Crippen molar-refractivity contribution >= 4 is 27.8 Å². The molecule has 0 aliphatic carbocycles. The van der Waals surface area contributed by atoms with Gasteiger partial charge >= 0.3 is 0 Å². The maximum absolute atomic E-state index is 12.7. The Kier molecular flexibility index (Phi) is 4.14. The molecule has 2 atom stereocenters. The third kappa shape index (κ3) is 3.05. The average molecular weight is 345 g/mol. The molecular weight excluding hydrogens is 326 g/mol. The van der Waals surface area contributed by atoms with Gasteiger partial charge in [-0.3, -0.25) is 9.78 Å². The van der Waals surface area contributed by atoms with Crippen LogP contribution in [0.2, 0.25) is 0 Å². The van der Waals surface area contributed by atoms with Gasteiger partial charge in [-0.05, 0) is 35.4 Å². The van der Waals surface area contributed by atoms with Gasteiger partial charge in [0.15, 0.2) is 5.58 Å². The van der Waals surface area contributed by atoms with E-state index in [2.05, 4.69) is 22.4 Å². The first-order valence-corrected chi connectivity index (χ1v) is 8.50. The molecule has 3 N–H and O–H groups in total. The average Bonchev–Trinajstić information content (AvgIpc) is 3.13. The summed E-state index contributed by atoms with van der Waals surface area (Å²) in [6.07, 6.45) is 3.10. The summed E-state index contributed by atoms with van der Waals surface area (Å²) in [5.41, 5.74) is 8.89. The van der Waals surface area contributed by atoms with Gasteiger partial charge in [-0.15, -0.1) is 0 Å². The van der Waals surface area contributed by atoms with Crippen molar-refractivity contribution in [2.24, 2.45) is 5.73 Å². The Balaban J connectivity index is 1.64. The molecule has 5 nitrogen and oxygen atoms in total. The SMILES string of the molecule is CC(N)C(NC(=O)c1cnc2ccoc2c1)c1ccc2ccccc2c1. The highest BCUT2D eigenvalue weighted by Crippen LogP contribution is 2.23. The Morgan fingerprint density at radius 1 is 1.12 bits per heavy atom. The summed E-state index contributed by atoms with van der Waals surface area (Å²) in [7, 11) is 0. The number of nitrogens with zero attached hydrogens (tertiary/aromatic N) is 1. The lowest BCUT2D eigenvalue weighted by Gasteiger charge is -2.23. The van der Waals surface area contributed by atoms with Crippen LogP contribution in [0.3, 0.4) is 0 Å². The molecule has 5 heteroatoms. The van der Waals surface area contributed by atoms with E-state index in [4.69, 9.17) is 10.2 Å². The summed E-state index contributed by atoms with van der Waals surface area (Å²) in [4.78, 5) is 17.0. The van der Waals surface area contributed by atoms with E-state index in [1.54, 1.807) is 24.6 Å². The fourth-order valence-corrected chi connectivity index (χ4v) is 3.11. The number of nitrogens with two attached hydrogens (primary N) is 1. The maximum Gasteiger partial charge on any atom is 0.253 e. The Bertz CT molecular complexity index is 1080. The van der Waals surface area contributed by atoms with Gasteiger partial charge in [-0.2, -0.15) is 0 Å². The fraction of sp³-hybridized carbons (Fsp3) is 0.143. The molecule has 0 saturated carbocycles. The summed E-state index contributed by atoms with van der Waals surface area (Å²) in [5.74, 6) is -0.230. The summed E-state index contributed by atoms with van der Waals surface area (Å²) in [6.45, 7) is 1.88. The number of rotatable bonds is 4. The van der Waals surface area contributed by atoms with Gasteiger partial charge in [0.2, 0.25) is 0 Å². The van der Waals surface area contributed by atoms with E-state index in [-0.39, 0.29) is 18.0 Å². The molecule has 4 aromatic rings. The molecule has 0 bridgehead atoms. The Morgan fingerprint density at radius 3 is 2.73 bits per heavy atom. The Labute approximate surface area is 150 Å². The largest absolute Gasteiger partial charge is 0.463 e. The van der Waals surface area contributed by atoms with Gasteiger partial charge in [0.25, 0.3) is 5.91 Å². The van der Waals surface area contributed by atoms with Crippen molar-refractivity contribution in [1.29, 1.82) is 0 Å². The van der Waals surface area contributed by atoms with Crippen molar-refractivity contribution in [3.05, 3.63) is 78.2 Å². The van der Waals surface area contributed by atoms with E-state index in [1.807, 2.05) is 37.3 Å². The molecule has 0 radical (unpaired) electrons. The van der Waals surface area contributed by atoms with Gasteiger partial charge in [0, 0.05) is 18.3 Å². The number of fused-ring (bicyclic) bond motifs is 2. The normalized spacial score (nSPS) is 13.6. The number of amides is 1. The second-order valence-corrected chi connectivity index (χ2v) is 6.44. The molecule has 26 heavy (non-hydrogen) atoms. The molecule has 0 aliphatic rings. The van der Waals surface area contributed by atoms with E-state index < -0.39 is 0 Å². The monoisotopic (exact) mass is 345 g/mol. The van der Waals surface area contributed by atoms with Crippen molar-refractivity contribution in [2.45, 2.75) is 19.0 Å². The van der Waals surface area contributed by atoms with E-state index in [9.17, 15) is 4.79 Å². The molecule has 2 aromatic heterocycles. The highest BCUT2D eigenvalue weighted by molar-refractivity contribution is 5.96. The third-order valence-corrected chi connectivity index (χ3v) is 4.51. The van der Waals surface area contributed by atoms with Crippen LogP contribution in [0.15, 0.2) is 71.5 Å². The molecule has 2 heterocycles. The van der Waals surface area contributed by atoms with Crippen molar-refractivity contribution in [3.63, 3.8) is 0 Å². The van der Waals surface area contributed by atoms with Crippen LogP contribution in [0.5, 0.6) is 0 Å². The van der Waals surface area contributed by atoms with Crippen LogP contribution in [-0.2, 0) is 0 Å². The lowest BCUT2D eigenvalue weighted by molar-refractivity contribution is 0.0931. The zero-order chi connectivity index (χ0) is 18.1. The number of nitrogens with one attached hydrogen (secondary N) is 1. The number of carbonyl (C=O) groups excluding carboxylic acids is 1. The molecule has 0 saturated heterocycles. The van der Waals surface area contributed by atoms with Gasteiger partial charge in [-0.1, -0.05) is 36.4 Å². The van der Waals surface area contributed by atoms with Crippen LogP contribution in [-0.4, -0.2) is 16.9 Å². The molecule has 0 aliphatic heterocycles. The molecule has 0 spiro atoms. The summed E-state index contributed by atoms with van der Waals surface area (Å²) >= 11 is 0. The Morgan fingerprint density at radius 2 is 1.92 bits per heavy atom. The van der Waals surface area contributed by atoms with Gasteiger partial charge in [0.1, 0.15) is 5.52 Å². The van der Waals surface area contributed by atoms with E-state index in [0.717, 1.165) is 21.9 Å². The van der Waals surface area contributed by atoms with Crippen molar-refractivity contribution in [1.82, 2.24) is 10.3 Å². The first kappa shape index (κ1) is 16.3. The highest BCUT2D eigenvalue weighted by atomic mass is 16.3. The fourth-order valence-electron chi connectivity index (χ4n) is 3.11. The number of pyridine rings is 1. The molecule has 4 rings (SSSR count). The second kappa shape index (κ2) is 6.61. The van der Waals surface area contributed by atoms with E-state index in [0.29, 0.717) is 11.1 Å². The maximum atomic E-state index is 12.7. The number of benzene rings is 2. The molecule has 2 aromatic carbocycles. The highest BCUT2D eigenvalue weighted by Gasteiger charge is 2.20. The third-order valence-electron chi connectivity index (χ3n) is 4.51. The van der Waals surface area contributed by atoms with Gasteiger partial charge in [-0.25, -0.2) is 0 Å².